The van der Waals surface area contributed by atoms with E-state index in [2.05, 4.69) is 16.6 Å². The van der Waals surface area contributed by atoms with Gasteiger partial charge in [0.25, 0.3) is 0 Å². The number of hydrogen-bond acceptors (Lipinski definition) is 2. The molecule has 0 radical (unpaired) electrons. The van der Waals surface area contributed by atoms with E-state index in [-0.39, 0.29) is 6.54 Å². The van der Waals surface area contributed by atoms with E-state index in [1.165, 1.54) is 0 Å². The molecule has 0 unspecified atom stereocenters. The van der Waals surface area contributed by atoms with Crippen LogP contribution in [-0.2, 0) is 12.5 Å². The number of nitrogens with two attached hydrogens (primary N) is 1. The quantitative estimate of drug-likeness (QED) is 0.351. The van der Waals surface area contributed by atoms with Gasteiger partial charge in [-0.15, -0.1) is 5.54 Å². The lowest BCUT2D eigenvalue weighted by molar-refractivity contribution is -0.291. The molecule has 0 atom stereocenters. The molecule has 2 N–H and O–H groups in total. The third-order valence-electron chi connectivity index (χ3n) is 3.67. The Morgan fingerprint density at radius 3 is 2.30 bits per heavy atom. The van der Waals surface area contributed by atoms with Crippen LogP contribution < -0.4 is 5.73 Å². The Balaban J connectivity index is 2.51. The summed E-state index contributed by atoms with van der Waals surface area (Å²) >= 11 is 0. The van der Waals surface area contributed by atoms with Crippen LogP contribution in [-0.4, -0.2) is 24.0 Å². The number of hydrogen-bond donors (Lipinski definition) is 1. The van der Waals surface area contributed by atoms with Gasteiger partial charge in [-0.25, -0.2) is 0 Å². The number of anilines is 1. The highest BCUT2D eigenvalue weighted by Crippen LogP contribution is 2.44. The molecule has 0 aliphatic heterocycles. The van der Waals surface area contributed by atoms with Crippen LogP contribution in [0, 0.1) is 18.4 Å². The highest BCUT2D eigenvalue weighted by molar-refractivity contribution is 6.83. The minimum Gasteiger partial charge on any atom is -0.399 e. The van der Waals surface area contributed by atoms with Gasteiger partial charge >= 0.3 is 12.1 Å². The standard InChI is InChI=1S/C18H20F5N3Si/c1-12-9-13(5-6-15(12)24)10-26-11-14(7-8-27(2,3)4)16(25-26)17(19,20)18(21,22)23/h5-6,9,11H,10,24H2,1-4H3. The minimum absolute atomic E-state index is 0.0245. The van der Waals surface area contributed by atoms with Gasteiger partial charge in [0.15, 0.2) is 5.69 Å². The summed E-state index contributed by atoms with van der Waals surface area (Å²) in [5, 5.41) is 3.52. The number of benzene rings is 1. The molecule has 0 amide bonds. The Bertz CT molecular complexity index is 898. The predicted octanol–water partition coefficient (Wildman–Crippen LogP) is 4.71. The fraction of sp³-hybridized carbons (Fsp3) is 0.389. The topological polar surface area (TPSA) is 43.8 Å². The number of nitrogen functional groups attached to an aromatic ring is 1. The first-order valence-electron chi connectivity index (χ1n) is 8.11. The Hall–Kier alpha value is -2.34. The lowest BCUT2D eigenvalue weighted by Gasteiger charge is -2.17. The van der Waals surface area contributed by atoms with Crippen LogP contribution in [0.3, 0.4) is 0 Å². The van der Waals surface area contributed by atoms with Crippen LogP contribution in [0.15, 0.2) is 24.4 Å². The third-order valence-corrected chi connectivity index (χ3v) is 4.54. The van der Waals surface area contributed by atoms with E-state index in [1.54, 1.807) is 25.1 Å². The van der Waals surface area contributed by atoms with Crippen LogP contribution in [0.5, 0.6) is 0 Å². The van der Waals surface area contributed by atoms with Crippen molar-refractivity contribution in [3.05, 3.63) is 46.8 Å². The van der Waals surface area contributed by atoms with Gasteiger partial charge in [-0.1, -0.05) is 37.7 Å². The molecule has 0 aliphatic carbocycles. The molecule has 1 aromatic heterocycles. The number of rotatable bonds is 3. The average Bonchev–Trinajstić information content (AvgIpc) is 2.91. The molecule has 0 spiro atoms. The van der Waals surface area contributed by atoms with Gasteiger partial charge in [0.1, 0.15) is 8.07 Å². The highest BCUT2D eigenvalue weighted by atomic mass is 28.3. The molecule has 3 nitrogen and oxygen atoms in total. The SMILES string of the molecule is Cc1cc(Cn2cc(C#C[Si](C)(C)C)c(C(F)(F)C(F)(F)F)n2)ccc1N. The molecule has 0 fully saturated rings. The van der Waals surface area contributed by atoms with E-state index in [1.807, 2.05) is 19.6 Å². The van der Waals surface area contributed by atoms with Crippen molar-refractivity contribution in [2.75, 3.05) is 5.73 Å². The Morgan fingerprint density at radius 1 is 1.15 bits per heavy atom. The molecule has 1 aromatic carbocycles. The molecule has 0 bridgehead atoms. The molecule has 0 aliphatic rings. The molecule has 27 heavy (non-hydrogen) atoms. The summed E-state index contributed by atoms with van der Waals surface area (Å²) in [6.45, 7) is 7.39. The van der Waals surface area contributed by atoms with Gasteiger partial charge in [-0.05, 0) is 24.1 Å². The van der Waals surface area contributed by atoms with E-state index in [0.717, 1.165) is 16.4 Å². The first kappa shape index (κ1) is 21.0. The van der Waals surface area contributed by atoms with E-state index >= 15 is 0 Å². The van der Waals surface area contributed by atoms with Gasteiger partial charge in [0, 0.05) is 11.9 Å². The number of aromatic nitrogens is 2. The summed E-state index contributed by atoms with van der Waals surface area (Å²) in [6, 6.07) is 5.04. The summed E-state index contributed by atoms with van der Waals surface area (Å²) in [6.07, 6.45) is -4.62. The first-order chi connectivity index (χ1) is 12.2. The van der Waals surface area contributed by atoms with Crippen molar-refractivity contribution in [2.45, 2.75) is 45.2 Å². The lowest BCUT2D eigenvalue weighted by Crippen LogP contribution is -2.35. The molecule has 0 saturated heterocycles. The number of nitrogens with zero attached hydrogens (tertiary/aromatic N) is 2. The zero-order valence-electron chi connectivity index (χ0n) is 15.4. The van der Waals surface area contributed by atoms with Crippen molar-refractivity contribution >= 4 is 13.8 Å². The number of halogens is 5. The molecule has 1 heterocycles. The second kappa shape index (κ2) is 7.00. The lowest BCUT2D eigenvalue weighted by atomic mass is 10.1. The fourth-order valence-electron chi connectivity index (χ4n) is 2.24. The second-order valence-corrected chi connectivity index (χ2v) is 12.1. The zero-order chi connectivity index (χ0) is 20.6. The normalized spacial score (nSPS) is 12.6. The summed E-state index contributed by atoms with van der Waals surface area (Å²) < 4.78 is 67.5. The molecular formula is C18H20F5N3Si. The van der Waals surface area contributed by atoms with Crippen molar-refractivity contribution in [2.24, 2.45) is 0 Å². The molecule has 2 rings (SSSR count). The number of aryl methyl sites for hydroxylation is 1. The van der Waals surface area contributed by atoms with E-state index in [0.29, 0.717) is 11.3 Å². The Labute approximate surface area is 155 Å². The smallest absolute Gasteiger partial charge is 0.399 e. The van der Waals surface area contributed by atoms with Crippen LogP contribution in [0.1, 0.15) is 22.4 Å². The largest absolute Gasteiger partial charge is 0.459 e. The molecule has 146 valence electrons. The molecular weight excluding hydrogens is 381 g/mol. The maximum Gasteiger partial charge on any atom is 0.459 e. The maximum absolute atomic E-state index is 13.9. The van der Waals surface area contributed by atoms with Crippen molar-refractivity contribution in [3.8, 4) is 11.5 Å². The van der Waals surface area contributed by atoms with E-state index < -0.39 is 31.4 Å². The highest BCUT2D eigenvalue weighted by Gasteiger charge is 2.61. The summed E-state index contributed by atoms with van der Waals surface area (Å²) in [4.78, 5) is 0. The predicted molar refractivity (Wildman–Crippen MR) is 97.1 cm³/mol. The van der Waals surface area contributed by atoms with Crippen LogP contribution in [0.2, 0.25) is 19.6 Å². The molecule has 0 saturated carbocycles. The Kier molecular flexibility index (Phi) is 5.43. The van der Waals surface area contributed by atoms with Crippen molar-refractivity contribution in [1.29, 1.82) is 0 Å². The molecule has 9 heteroatoms. The van der Waals surface area contributed by atoms with Crippen molar-refractivity contribution < 1.29 is 22.0 Å². The fourth-order valence-corrected chi connectivity index (χ4v) is 2.75. The maximum atomic E-state index is 13.9. The minimum atomic E-state index is -5.75. The van der Waals surface area contributed by atoms with Crippen LogP contribution in [0.25, 0.3) is 0 Å². The van der Waals surface area contributed by atoms with Gasteiger partial charge in [0.05, 0.1) is 12.1 Å². The summed E-state index contributed by atoms with van der Waals surface area (Å²) in [5.74, 6) is -2.60. The number of alkyl halides is 5. The second-order valence-electron chi connectivity index (χ2n) is 7.35. The van der Waals surface area contributed by atoms with Gasteiger partial charge in [0.2, 0.25) is 0 Å². The van der Waals surface area contributed by atoms with Crippen LogP contribution >= 0.6 is 0 Å². The molecule has 2 aromatic rings. The Morgan fingerprint density at radius 2 is 1.78 bits per heavy atom. The third kappa shape index (κ3) is 4.89. The van der Waals surface area contributed by atoms with Crippen molar-refractivity contribution in [3.63, 3.8) is 0 Å². The average molecular weight is 401 g/mol. The van der Waals surface area contributed by atoms with Crippen molar-refractivity contribution in [1.82, 2.24) is 9.78 Å². The monoisotopic (exact) mass is 401 g/mol. The van der Waals surface area contributed by atoms with Crippen LogP contribution in [0.4, 0.5) is 27.6 Å². The zero-order valence-corrected chi connectivity index (χ0v) is 16.4. The van der Waals surface area contributed by atoms with Gasteiger partial charge in [-0.2, -0.15) is 27.1 Å². The van der Waals surface area contributed by atoms with Gasteiger partial charge in [-0.3, -0.25) is 4.68 Å². The summed E-state index contributed by atoms with van der Waals surface area (Å²) in [5.41, 5.74) is 8.78. The van der Waals surface area contributed by atoms with Gasteiger partial charge < -0.3 is 5.73 Å². The summed E-state index contributed by atoms with van der Waals surface area (Å²) in [7, 11) is -1.98. The van der Waals surface area contributed by atoms with E-state index in [9.17, 15) is 22.0 Å². The first-order valence-corrected chi connectivity index (χ1v) is 11.6. The van der Waals surface area contributed by atoms with E-state index in [4.69, 9.17) is 5.73 Å².